The van der Waals surface area contributed by atoms with Gasteiger partial charge in [-0.15, -0.1) is 11.8 Å². The van der Waals surface area contributed by atoms with Crippen molar-refractivity contribution in [2.45, 2.75) is 31.2 Å². The summed E-state index contributed by atoms with van der Waals surface area (Å²) in [5.74, 6) is -1.06. The largest absolute Gasteiger partial charge is 0.480 e. The van der Waals surface area contributed by atoms with Crippen molar-refractivity contribution >= 4 is 35.1 Å². The lowest BCUT2D eigenvalue weighted by molar-refractivity contribution is -0.139. The summed E-state index contributed by atoms with van der Waals surface area (Å²) < 4.78 is 0. The first-order valence-electron chi connectivity index (χ1n) is 6.30. The minimum atomic E-state index is -1.05. The highest BCUT2D eigenvalue weighted by molar-refractivity contribution is 8.00. The summed E-state index contributed by atoms with van der Waals surface area (Å²) in [7, 11) is 0. The normalized spacial score (nSPS) is 15.7. The number of nitrogens with zero attached hydrogens (tertiary/aromatic N) is 1. The van der Waals surface area contributed by atoms with E-state index < -0.39 is 12.0 Å². The molecule has 6 heteroatoms. The number of carboxylic acids is 1. The van der Waals surface area contributed by atoms with Gasteiger partial charge in [0.1, 0.15) is 6.04 Å². The number of carbonyl (C=O) groups is 3. The van der Waals surface area contributed by atoms with E-state index in [1.807, 2.05) is 0 Å². The van der Waals surface area contributed by atoms with Crippen molar-refractivity contribution in [3.05, 3.63) is 23.8 Å². The van der Waals surface area contributed by atoms with Crippen molar-refractivity contribution in [3.8, 4) is 0 Å². The van der Waals surface area contributed by atoms with E-state index in [-0.39, 0.29) is 17.4 Å². The molecular formula is C14H15NO4S. The average molecular weight is 293 g/mol. The number of rotatable bonds is 4. The quantitative estimate of drug-likeness (QED) is 0.861. The van der Waals surface area contributed by atoms with Crippen molar-refractivity contribution in [2.24, 2.45) is 0 Å². The highest BCUT2D eigenvalue weighted by atomic mass is 32.2. The zero-order chi connectivity index (χ0) is 14.9. The number of carbonyl (C=O) groups excluding carboxylic acids is 2. The molecule has 1 atom stereocenters. The lowest BCUT2D eigenvalue weighted by Crippen LogP contribution is -2.46. The average Bonchev–Trinajstić information content (AvgIpc) is 2.45. The molecule has 1 N–H and O–H groups in total. The van der Waals surface area contributed by atoms with Gasteiger partial charge in [-0.2, -0.15) is 0 Å². The molecule has 0 bridgehead atoms. The molecule has 5 nitrogen and oxygen atoms in total. The molecular weight excluding hydrogens is 278 g/mol. The molecule has 0 fully saturated rings. The maximum Gasteiger partial charge on any atom is 0.326 e. The Morgan fingerprint density at radius 1 is 1.45 bits per heavy atom. The predicted octanol–water partition coefficient (Wildman–Crippen LogP) is 2.19. The number of amides is 1. The lowest BCUT2D eigenvalue weighted by Gasteiger charge is -2.32. The van der Waals surface area contributed by atoms with Crippen LogP contribution in [0.15, 0.2) is 23.1 Å². The smallest absolute Gasteiger partial charge is 0.326 e. The van der Waals surface area contributed by atoms with Crippen molar-refractivity contribution in [3.63, 3.8) is 0 Å². The van der Waals surface area contributed by atoms with Crippen molar-refractivity contribution in [1.29, 1.82) is 0 Å². The Labute approximate surface area is 121 Å². The third-order valence-corrected chi connectivity index (χ3v) is 4.26. The Morgan fingerprint density at radius 2 is 2.15 bits per heavy atom. The number of fused-ring (bicyclic) bond motifs is 1. The van der Waals surface area contributed by atoms with Crippen molar-refractivity contribution in [1.82, 2.24) is 0 Å². The minimum absolute atomic E-state index is 0.0307. The van der Waals surface area contributed by atoms with E-state index >= 15 is 0 Å². The number of Topliss-reactive ketones (excluding diaryl/α,β-unsaturated/α-hetero) is 1. The van der Waals surface area contributed by atoms with Crippen LogP contribution in [-0.4, -0.2) is 34.6 Å². The molecule has 106 valence electrons. The first kappa shape index (κ1) is 14.6. The van der Waals surface area contributed by atoms with Gasteiger partial charge in [0, 0.05) is 16.9 Å². The number of anilines is 1. The summed E-state index contributed by atoms with van der Waals surface area (Å²) in [6.45, 7) is 3.27. The van der Waals surface area contributed by atoms with Crippen molar-refractivity contribution < 1.29 is 19.5 Å². The number of ketones is 1. The van der Waals surface area contributed by atoms with Gasteiger partial charge in [0.15, 0.2) is 5.78 Å². The molecule has 0 radical (unpaired) electrons. The molecule has 1 unspecified atom stereocenters. The van der Waals surface area contributed by atoms with Gasteiger partial charge in [0.2, 0.25) is 5.91 Å². The summed E-state index contributed by atoms with van der Waals surface area (Å²) >= 11 is 1.34. The van der Waals surface area contributed by atoms with Gasteiger partial charge in [-0.1, -0.05) is 6.92 Å². The summed E-state index contributed by atoms with van der Waals surface area (Å²) in [6.07, 6.45) is 0.414. The monoisotopic (exact) mass is 293 g/mol. The second kappa shape index (κ2) is 5.66. The van der Waals surface area contributed by atoms with Gasteiger partial charge in [-0.25, -0.2) is 4.79 Å². The molecule has 2 rings (SSSR count). The minimum Gasteiger partial charge on any atom is -0.480 e. The van der Waals surface area contributed by atoms with E-state index in [1.54, 1.807) is 25.1 Å². The molecule has 0 saturated heterocycles. The fourth-order valence-electron chi connectivity index (χ4n) is 2.08. The van der Waals surface area contributed by atoms with Crippen LogP contribution in [0.2, 0.25) is 0 Å². The van der Waals surface area contributed by atoms with Crippen LogP contribution >= 0.6 is 11.8 Å². The number of benzene rings is 1. The van der Waals surface area contributed by atoms with Crippen LogP contribution in [0.3, 0.4) is 0 Å². The van der Waals surface area contributed by atoms with Crippen LogP contribution in [0.5, 0.6) is 0 Å². The number of hydrogen-bond acceptors (Lipinski definition) is 4. The topological polar surface area (TPSA) is 74.7 Å². The molecule has 1 aromatic rings. The number of aliphatic carboxylic acids is 1. The second-order valence-corrected chi connectivity index (χ2v) is 5.54. The van der Waals surface area contributed by atoms with E-state index in [4.69, 9.17) is 5.11 Å². The predicted molar refractivity (Wildman–Crippen MR) is 76.4 cm³/mol. The second-order valence-electron chi connectivity index (χ2n) is 4.53. The molecule has 0 aliphatic carbocycles. The van der Waals surface area contributed by atoms with Crippen LogP contribution in [-0.2, 0) is 9.59 Å². The van der Waals surface area contributed by atoms with Crippen LogP contribution in [0, 0.1) is 0 Å². The number of carboxylic acid groups (broad SMARTS) is 1. The molecule has 0 spiro atoms. The van der Waals surface area contributed by atoms with Gasteiger partial charge >= 0.3 is 5.97 Å². The SMILES string of the molecule is CCC(=O)c1ccc2c(c1)SCC(=O)N2C(C)C(=O)O. The zero-order valence-electron chi connectivity index (χ0n) is 11.3. The Balaban J connectivity index is 2.44. The molecule has 1 amide bonds. The van der Waals surface area contributed by atoms with E-state index in [0.29, 0.717) is 17.7 Å². The van der Waals surface area contributed by atoms with E-state index in [9.17, 15) is 14.4 Å². The van der Waals surface area contributed by atoms with Gasteiger partial charge in [0.25, 0.3) is 0 Å². The molecule has 0 saturated carbocycles. The highest BCUT2D eigenvalue weighted by Gasteiger charge is 2.32. The summed E-state index contributed by atoms with van der Waals surface area (Å²) in [5, 5.41) is 9.10. The van der Waals surface area contributed by atoms with Crippen molar-refractivity contribution in [2.75, 3.05) is 10.7 Å². The van der Waals surface area contributed by atoms with Crippen LogP contribution < -0.4 is 4.90 Å². The van der Waals surface area contributed by atoms with E-state index in [2.05, 4.69) is 0 Å². The van der Waals surface area contributed by atoms with Crippen LogP contribution in [0.25, 0.3) is 0 Å². The lowest BCUT2D eigenvalue weighted by atomic mass is 10.1. The van der Waals surface area contributed by atoms with E-state index in [1.165, 1.54) is 23.6 Å². The number of thioether (sulfide) groups is 1. The first-order valence-corrected chi connectivity index (χ1v) is 7.29. The molecule has 1 aliphatic heterocycles. The summed E-state index contributed by atoms with van der Waals surface area (Å²) in [6, 6.07) is 4.11. The van der Waals surface area contributed by atoms with E-state index in [0.717, 1.165) is 4.90 Å². The maximum absolute atomic E-state index is 12.0. The van der Waals surface area contributed by atoms with Gasteiger partial charge in [-0.05, 0) is 25.1 Å². The van der Waals surface area contributed by atoms with Crippen LogP contribution in [0.4, 0.5) is 5.69 Å². The third-order valence-electron chi connectivity index (χ3n) is 3.23. The molecule has 0 aromatic heterocycles. The fourth-order valence-corrected chi connectivity index (χ4v) is 3.03. The number of hydrogen-bond donors (Lipinski definition) is 1. The van der Waals surface area contributed by atoms with Gasteiger partial charge < -0.3 is 5.11 Å². The maximum atomic E-state index is 12.0. The first-order chi connectivity index (χ1) is 9.45. The fraction of sp³-hybridized carbons (Fsp3) is 0.357. The zero-order valence-corrected chi connectivity index (χ0v) is 12.1. The Kier molecular flexibility index (Phi) is 4.13. The molecule has 1 heterocycles. The Morgan fingerprint density at radius 3 is 2.75 bits per heavy atom. The Hall–Kier alpha value is -1.82. The van der Waals surface area contributed by atoms with Gasteiger partial charge in [-0.3, -0.25) is 14.5 Å². The standard InChI is InChI=1S/C14H15NO4S/c1-3-11(16)9-4-5-10-12(6-9)20-7-13(17)15(10)8(2)14(18)19/h4-6,8H,3,7H2,1-2H3,(H,18,19). The summed E-state index contributed by atoms with van der Waals surface area (Å²) in [4.78, 5) is 36.8. The molecule has 20 heavy (non-hydrogen) atoms. The third kappa shape index (κ3) is 2.56. The molecule has 1 aliphatic rings. The highest BCUT2D eigenvalue weighted by Crippen LogP contribution is 2.37. The Bertz CT molecular complexity index is 585. The van der Waals surface area contributed by atoms with Gasteiger partial charge in [0.05, 0.1) is 11.4 Å². The molecule has 1 aromatic carbocycles. The summed E-state index contributed by atoms with van der Waals surface area (Å²) in [5.41, 5.74) is 1.16. The van der Waals surface area contributed by atoms with Crippen LogP contribution in [0.1, 0.15) is 30.6 Å².